The second-order valence-electron chi connectivity index (χ2n) is 7.11. The quantitative estimate of drug-likeness (QED) is 0.546. The number of aryl methyl sites for hydroxylation is 1. The Labute approximate surface area is 176 Å². The number of pyridine rings is 2. The van der Waals surface area contributed by atoms with Crippen molar-refractivity contribution in [3.05, 3.63) is 80.7 Å². The number of aromatic nitrogens is 4. The zero-order valence-corrected chi connectivity index (χ0v) is 17.2. The van der Waals surface area contributed by atoms with Gasteiger partial charge in [-0.1, -0.05) is 23.7 Å². The molecule has 0 radical (unpaired) electrons. The Kier molecular flexibility index (Phi) is 5.24. The third kappa shape index (κ3) is 3.53. The Morgan fingerprint density at radius 1 is 1.10 bits per heavy atom. The molecule has 7 nitrogen and oxygen atoms in total. The molecule has 3 heterocycles. The molecule has 0 unspecified atom stereocenters. The third-order valence-electron chi connectivity index (χ3n) is 5.01. The Hall–Kier alpha value is -3.29. The summed E-state index contributed by atoms with van der Waals surface area (Å²) in [6, 6.07) is 11.6. The SMILES string of the molecule is C[C@@H](CO)n1cnc2c(-c3ccc(=O)n(C)c3)nc(-c3ccc(Cl)cc3)cc2c1=O. The van der Waals surface area contributed by atoms with E-state index in [0.29, 0.717) is 32.9 Å². The highest BCUT2D eigenvalue weighted by atomic mass is 35.5. The molecular weight excluding hydrogens is 404 g/mol. The van der Waals surface area contributed by atoms with Crippen LogP contribution in [-0.4, -0.2) is 30.8 Å². The van der Waals surface area contributed by atoms with Crippen LogP contribution in [0.3, 0.4) is 0 Å². The Morgan fingerprint density at radius 2 is 1.80 bits per heavy atom. The van der Waals surface area contributed by atoms with E-state index in [9.17, 15) is 14.7 Å². The van der Waals surface area contributed by atoms with Crippen molar-refractivity contribution in [1.82, 2.24) is 19.1 Å². The van der Waals surface area contributed by atoms with E-state index in [0.717, 1.165) is 5.56 Å². The summed E-state index contributed by atoms with van der Waals surface area (Å²) < 4.78 is 2.85. The van der Waals surface area contributed by atoms with Gasteiger partial charge in [-0.2, -0.15) is 0 Å². The maximum atomic E-state index is 13.2. The third-order valence-corrected chi connectivity index (χ3v) is 5.26. The molecule has 0 spiro atoms. The summed E-state index contributed by atoms with van der Waals surface area (Å²) in [4.78, 5) is 34.2. The number of rotatable bonds is 4. The van der Waals surface area contributed by atoms with E-state index >= 15 is 0 Å². The summed E-state index contributed by atoms with van der Waals surface area (Å²) >= 11 is 6.01. The molecule has 0 bridgehead atoms. The van der Waals surface area contributed by atoms with Gasteiger partial charge in [-0.25, -0.2) is 9.97 Å². The molecule has 4 aromatic rings. The van der Waals surface area contributed by atoms with Gasteiger partial charge >= 0.3 is 0 Å². The normalized spacial score (nSPS) is 12.3. The zero-order chi connectivity index (χ0) is 21.4. The van der Waals surface area contributed by atoms with Crippen molar-refractivity contribution in [2.45, 2.75) is 13.0 Å². The van der Waals surface area contributed by atoms with E-state index in [1.54, 1.807) is 44.4 Å². The molecule has 1 N–H and O–H groups in total. The number of aliphatic hydroxyl groups is 1. The minimum absolute atomic E-state index is 0.149. The topological polar surface area (TPSA) is 90.0 Å². The molecule has 1 atom stereocenters. The summed E-state index contributed by atoms with van der Waals surface area (Å²) in [5, 5.41) is 10.5. The number of halogens is 1. The number of hydrogen-bond acceptors (Lipinski definition) is 5. The molecular formula is C22H19ClN4O3. The predicted molar refractivity (Wildman–Crippen MR) is 117 cm³/mol. The van der Waals surface area contributed by atoms with Crippen molar-refractivity contribution in [3.8, 4) is 22.5 Å². The van der Waals surface area contributed by atoms with Crippen LogP contribution < -0.4 is 11.1 Å². The molecule has 0 saturated carbocycles. The van der Waals surface area contributed by atoms with E-state index < -0.39 is 6.04 Å². The Bertz CT molecular complexity index is 1360. The molecule has 0 fully saturated rings. The lowest BCUT2D eigenvalue weighted by atomic mass is 10.1. The lowest BCUT2D eigenvalue weighted by molar-refractivity contribution is 0.236. The first-order valence-electron chi connectivity index (χ1n) is 9.35. The average Bonchev–Trinajstić information content (AvgIpc) is 2.75. The van der Waals surface area contributed by atoms with Gasteiger partial charge < -0.3 is 9.67 Å². The lowest BCUT2D eigenvalue weighted by Gasteiger charge is -2.15. The molecule has 0 amide bonds. The molecule has 0 saturated heterocycles. The van der Waals surface area contributed by atoms with Crippen LogP contribution in [0.5, 0.6) is 0 Å². The monoisotopic (exact) mass is 422 g/mol. The van der Waals surface area contributed by atoms with Crippen LogP contribution in [0.25, 0.3) is 33.4 Å². The van der Waals surface area contributed by atoms with Gasteiger partial charge in [0, 0.05) is 35.5 Å². The van der Waals surface area contributed by atoms with Gasteiger partial charge in [0.15, 0.2) is 0 Å². The Balaban J connectivity index is 2.06. The van der Waals surface area contributed by atoms with E-state index in [-0.39, 0.29) is 17.7 Å². The van der Waals surface area contributed by atoms with Crippen molar-refractivity contribution in [2.24, 2.45) is 7.05 Å². The highest BCUT2D eigenvalue weighted by Crippen LogP contribution is 2.29. The Morgan fingerprint density at radius 3 is 2.47 bits per heavy atom. The molecule has 3 aromatic heterocycles. The number of nitrogens with zero attached hydrogens (tertiary/aromatic N) is 4. The van der Waals surface area contributed by atoms with Crippen molar-refractivity contribution in [3.63, 3.8) is 0 Å². The number of hydrogen-bond donors (Lipinski definition) is 1. The van der Waals surface area contributed by atoms with Crippen LogP contribution >= 0.6 is 11.6 Å². The van der Waals surface area contributed by atoms with E-state index in [1.165, 1.54) is 21.5 Å². The van der Waals surface area contributed by atoms with Gasteiger partial charge in [-0.15, -0.1) is 0 Å². The minimum atomic E-state index is -0.414. The van der Waals surface area contributed by atoms with E-state index in [2.05, 4.69) is 4.98 Å². The van der Waals surface area contributed by atoms with Crippen LogP contribution in [-0.2, 0) is 7.05 Å². The second kappa shape index (κ2) is 7.85. The maximum Gasteiger partial charge on any atom is 0.261 e. The molecule has 1 aromatic carbocycles. The summed E-state index contributed by atoms with van der Waals surface area (Å²) in [6.45, 7) is 1.56. The fourth-order valence-electron chi connectivity index (χ4n) is 3.25. The first kappa shape index (κ1) is 20.0. The summed E-state index contributed by atoms with van der Waals surface area (Å²) in [5.41, 5.74) is 2.53. The first-order chi connectivity index (χ1) is 14.4. The van der Waals surface area contributed by atoms with Gasteiger partial charge in [-0.05, 0) is 31.2 Å². The standard InChI is InChI=1S/C22H19ClN4O3/c1-13(11-28)27-12-24-21-17(22(27)30)9-18(14-3-6-16(23)7-4-14)25-20(21)15-5-8-19(29)26(2)10-15/h3-10,12-13,28H,11H2,1-2H3/t13-/m0/s1. The minimum Gasteiger partial charge on any atom is -0.394 e. The van der Waals surface area contributed by atoms with Crippen LogP contribution in [0, 0.1) is 0 Å². The second-order valence-corrected chi connectivity index (χ2v) is 7.55. The number of aliphatic hydroxyl groups excluding tert-OH is 1. The predicted octanol–water partition coefficient (Wildman–Crippen LogP) is 3.03. The van der Waals surface area contributed by atoms with Gasteiger partial charge in [0.2, 0.25) is 5.56 Å². The van der Waals surface area contributed by atoms with Crippen LogP contribution in [0.1, 0.15) is 13.0 Å². The summed E-state index contributed by atoms with van der Waals surface area (Å²) in [5.74, 6) is 0. The lowest BCUT2D eigenvalue weighted by Crippen LogP contribution is -2.26. The molecule has 0 aliphatic heterocycles. The van der Waals surface area contributed by atoms with Crippen LogP contribution in [0.15, 0.2) is 64.6 Å². The van der Waals surface area contributed by atoms with Crippen molar-refractivity contribution >= 4 is 22.5 Å². The highest BCUT2D eigenvalue weighted by molar-refractivity contribution is 6.30. The van der Waals surface area contributed by atoms with Crippen molar-refractivity contribution in [1.29, 1.82) is 0 Å². The smallest absolute Gasteiger partial charge is 0.261 e. The molecule has 8 heteroatoms. The van der Waals surface area contributed by atoms with E-state index in [1.807, 2.05) is 12.1 Å². The molecule has 0 aliphatic rings. The van der Waals surface area contributed by atoms with Gasteiger partial charge in [0.05, 0.1) is 35.8 Å². The average molecular weight is 423 g/mol. The number of benzene rings is 1. The highest BCUT2D eigenvalue weighted by Gasteiger charge is 2.17. The van der Waals surface area contributed by atoms with Crippen molar-refractivity contribution < 1.29 is 5.11 Å². The molecule has 4 rings (SSSR count). The fourth-order valence-corrected chi connectivity index (χ4v) is 3.38. The van der Waals surface area contributed by atoms with Crippen LogP contribution in [0.4, 0.5) is 0 Å². The van der Waals surface area contributed by atoms with Gasteiger partial charge in [0.1, 0.15) is 5.52 Å². The van der Waals surface area contributed by atoms with Gasteiger partial charge in [0.25, 0.3) is 5.56 Å². The maximum absolute atomic E-state index is 13.2. The first-order valence-corrected chi connectivity index (χ1v) is 9.72. The van der Waals surface area contributed by atoms with Crippen LogP contribution in [0.2, 0.25) is 5.02 Å². The van der Waals surface area contributed by atoms with Gasteiger partial charge in [-0.3, -0.25) is 14.2 Å². The van der Waals surface area contributed by atoms with Crippen molar-refractivity contribution in [2.75, 3.05) is 6.61 Å². The number of fused-ring (bicyclic) bond motifs is 1. The molecule has 30 heavy (non-hydrogen) atoms. The fraction of sp³-hybridized carbons (Fsp3) is 0.182. The molecule has 0 aliphatic carbocycles. The summed E-state index contributed by atoms with van der Waals surface area (Å²) in [6.07, 6.45) is 3.08. The zero-order valence-electron chi connectivity index (χ0n) is 16.4. The van der Waals surface area contributed by atoms with E-state index in [4.69, 9.17) is 16.6 Å². The largest absolute Gasteiger partial charge is 0.394 e. The molecule has 152 valence electrons. The summed E-state index contributed by atoms with van der Waals surface area (Å²) in [7, 11) is 1.65.